The van der Waals surface area contributed by atoms with E-state index in [1.807, 2.05) is 50.2 Å². The van der Waals surface area contributed by atoms with Crippen LogP contribution in [0.5, 0.6) is 0 Å². The van der Waals surface area contributed by atoms with Gasteiger partial charge in [0.1, 0.15) is 6.61 Å². The van der Waals surface area contributed by atoms with Crippen LogP contribution < -0.4 is 5.43 Å². The Kier molecular flexibility index (Phi) is 5.78. The summed E-state index contributed by atoms with van der Waals surface area (Å²) < 4.78 is 5.34. The van der Waals surface area contributed by atoms with Gasteiger partial charge < -0.3 is 4.74 Å². The van der Waals surface area contributed by atoms with Gasteiger partial charge in [-0.2, -0.15) is 0 Å². The number of ether oxygens (including phenoxy) is 1. The summed E-state index contributed by atoms with van der Waals surface area (Å²) in [6.07, 6.45) is 1.67. The molecule has 0 radical (unpaired) electrons. The van der Waals surface area contributed by atoms with Crippen LogP contribution in [0.15, 0.2) is 55.1 Å². The summed E-state index contributed by atoms with van der Waals surface area (Å²) >= 11 is 0. The topological polar surface area (TPSA) is 58.6 Å². The molecule has 0 fully saturated rings. The van der Waals surface area contributed by atoms with Gasteiger partial charge in [0.05, 0.1) is 6.04 Å². The lowest BCUT2D eigenvalue weighted by atomic mass is 9.69. The quantitative estimate of drug-likeness (QED) is 0.742. The maximum atomic E-state index is 13.3. The normalized spacial score (nSPS) is 17.4. The van der Waals surface area contributed by atoms with E-state index in [1.165, 1.54) is 5.01 Å². The Balaban J connectivity index is 1.89. The van der Waals surface area contributed by atoms with Crippen LogP contribution in [-0.2, 0) is 16.8 Å². The SMILES string of the molecule is C=CC[C@@H]1N(NC(=O)OCc2ccccc2)C(=O)c2cc(C)cc(C)c2C1(C)C. The highest BCUT2D eigenvalue weighted by Crippen LogP contribution is 2.41. The largest absolute Gasteiger partial charge is 0.443 e. The van der Waals surface area contributed by atoms with Crippen molar-refractivity contribution in [1.29, 1.82) is 0 Å². The number of fused-ring (bicyclic) bond motifs is 1. The van der Waals surface area contributed by atoms with Crippen LogP contribution in [0.1, 0.15) is 52.9 Å². The highest BCUT2D eigenvalue weighted by molar-refractivity contribution is 5.99. The summed E-state index contributed by atoms with van der Waals surface area (Å²) in [4.78, 5) is 25.8. The molecular formula is C24H28N2O3. The lowest BCUT2D eigenvalue weighted by Crippen LogP contribution is -2.61. The zero-order valence-corrected chi connectivity index (χ0v) is 17.5. The number of carbonyl (C=O) groups excluding carboxylic acids is 2. The molecule has 5 heteroatoms. The predicted molar refractivity (Wildman–Crippen MR) is 113 cm³/mol. The third kappa shape index (κ3) is 4.04. The number of aryl methyl sites for hydroxylation is 2. The number of carbonyl (C=O) groups is 2. The molecule has 1 aliphatic heterocycles. The first-order chi connectivity index (χ1) is 13.8. The van der Waals surface area contributed by atoms with Gasteiger partial charge in [0.25, 0.3) is 5.91 Å². The van der Waals surface area contributed by atoms with Gasteiger partial charge in [0.2, 0.25) is 0 Å². The molecule has 5 nitrogen and oxygen atoms in total. The second kappa shape index (κ2) is 8.11. The number of nitrogens with one attached hydrogen (secondary N) is 1. The van der Waals surface area contributed by atoms with Gasteiger partial charge in [-0.1, -0.05) is 61.9 Å². The third-order valence-electron chi connectivity index (χ3n) is 5.53. The minimum Gasteiger partial charge on any atom is -0.443 e. The van der Waals surface area contributed by atoms with Crippen molar-refractivity contribution in [1.82, 2.24) is 10.4 Å². The Morgan fingerprint density at radius 3 is 2.59 bits per heavy atom. The number of benzene rings is 2. The van der Waals surface area contributed by atoms with Crippen LogP contribution >= 0.6 is 0 Å². The van der Waals surface area contributed by atoms with Gasteiger partial charge in [0.15, 0.2) is 0 Å². The first kappa shape index (κ1) is 20.6. The van der Waals surface area contributed by atoms with E-state index in [0.29, 0.717) is 12.0 Å². The number of nitrogens with zero attached hydrogens (tertiary/aromatic N) is 1. The number of hydrazine groups is 1. The van der Waals surface area contributed by atoms with Crippen LogP contribution in [0.3, 0.4) is 0 Å². The van der Waals surface area contributed by atoms with Crippen molar-refractivity contribution in [3.8, 4) is 0 Å². The summed E-state index contributed by atoms with van der Waals surface area (Å²) in [5.74, 6) is -0.227. The predicted octanol–water partition coefficient (Wildman–Crippen LogP) is 4.82. The van der Waals surface area contributed by atoms with Crippen molar-refractivity contribution in [3.05, 3.63) is 82.9 Å². The fraction of sp³-hybridized carbons (Fsp3) is 0.333. The third-order valence-corrected chi connectivity index (χ3v) is 5.53. The van der Waals surface area contributed by atoms with E-state index in [-0.39, 0.29) is 24.0 Å². The Hall–Kier alpha value is -3.08. The lowest BCUT2D eigenvalue weighted by molar-refractivity contribution is 0.0309. The maximum Gasteiger partial charge on any atom is 0.426 e. The average Bonchev–Trinajstić information content (AvgIpc) is 2.67. The number of hydrogen-bond donors (Lipinski definition) is 1. The maximum absolute atomic E-state index is 13.3. The monoisotopic (exact) mass is 392 g/mol. The molecule has 3 rings (SSSR count). The number of rotatable bonds is 5. The molecule has 2 amide bonds. The molecule has 0 saturated heterocycles. The number of amides is 2. The van der Waals surface area contributed by atoms with E-state index in [0.717, 1.165) is 22.3 Å². The molecule has 0 unspecified atom stereocenters. The Morgan fingerprint density at radius 2 is 1.93 bits per heavy atom. The van der Waals surface area contributed by atoms with Gasteiger partial charge in [0, 0.05) is 11.0 Å². The van der Waals surface area contributed by atoms with E-state index in [1.54, 1.807) is 6.08 Å². The van der Waals surface area contributed by atoms with Crippen LogP contribution in [0, 0.1) is 13.8 Å². The molecule has 1 heterocycles. The first-order valence-electron chi connectivity index (χ1n) is 9.79. The molecule has 0 bridgehead atoms. The van der Waals surface area contributed by atoms with Crippen LogP contribution in [-0.4, -0.2) is 23.1 Å². The highest BCUT2D eigenvalue weighted by Gasteiger charge is 2.46. The van der Waals surface area contributed by atoms with Crippen molar-refractivity contribution in [3.63, 3.8) is 0 Å². The summed E-state index contributed by atoms with van der Waals surface area (Å²) in [7, 11) is 0. The lowest BCUT2D eigenvalue weighted by Gasteiger charge is -2.47. The number of hydrogen-bond acceptors (Lipinski definition) is 3. The van der Waals surface area contributed by atoms with Crippen molar-refractivity contribution in [2.75, 3.05) is 0 Å². The van der Waals surface area contributed by atoms with Gasteiger partial charge in [-0.05, 0) is 43.0 Å². The second-order valence-corrected chi connectivity index (χ2v) is 8.11. The molecule has 1 N–H and O–H groups in total. The van der Waals surface area contributed by atoms with Crippen molar-refractivity contribution in [2.45, 2.75) is 52.2 Å². The second-order valence-electron chi connectivity index (χ2n) is 8.11. The van der Waals surface area contributed by atoms with E-state index in [4.69, 9.17) is 4.74 Å². The van der Waals surface area contributed by atoms with E-state index in [2.05, 4.69) is 31.9 Å². The van der Waals surface area contributed by atoms with Crippen molar-refractivity contribution >= 4 is 12.0 Å². The smallest absolute Gasteiger partial charge is 0.426 e. The molecule has 0 spiro atoms. The first-order valence-corrected chi connectivity index (χ1v) is 9.79. The Bertz CT molecular complexity index is 935. The fourth-order valence-electron chi connectivity index (χ4n) is 4.29. The zero-order chi connectivity index (χ0) is 21.2. The molecule has 2 aromatic rings. The molecule has 2 aromatic carbocycles. The molecular weight excluding hydrogens is 364 g/mol. The van der Waals surface area contributed by atoms with Crippen LogP contribution in [0.25, 0.3) is 0 Å². The molecule has 0 saturated carbocycles. The Morgan fingerprint density at radius 1 is 1.24 bits per heavy atom. The van der Waals surface area contributed by atoms with Gasteiger partial charge in [-0.15, -0.1) is 6.58 Å². The molecule has 152 valence electrons. The van der Waals surface area contributed by atoms with E-state index < -0.39 is 6.09 Å². The Labute approximate surface area is 172 Å². The summed E-state index contributed by atoms with van der Waals surface area (Å²) in [6.45, 7) is 12.2. The molecule has 1 aliphatic rings. The van der Waals surface area contributed by atoms with Crippen LogP contribution in [0.4, 0.5) is 4.79 Å². The molecule has 1 atom stereocenters. The van der Waals surface area contributed by atoms with Crippen LogP contribution in [0.2, 0.25) is 0 Å². The molecule has 29 heavy (non-hydrogen) atoms. The molecule has 0 aliphatic carbocycles. The molecule has 0 aromatic heterocycles. The minimum absolute atomic E-state index is 0.138. The fourth-order valence-corrected chi connectivity index (χ4v) is 4.29. The summed E-state index contributed by atoms with van der Waals surface area (Å²) in [6, 6.07) is 13.1. The summed E-state index contributed by atoms with van der Waals surface area (Å²) in [5, 5.41) is 1.41. The van der Waals surface area contributed by atoms with Gasteiger partial charge in [-0.3, -0.25) is 4.79 Å². The van der Waals surface area contributed by atoms with E-state index >= 15 is 0 Å². The van der Waals surface area contributed by atoms with Gasteiger partial charge >= 0.3 is 6.09 Å². The van der Waals surface area contributed by atoms with Crippen molar-refractivity contribution in [2.24, 2.45) is 0 Å². The zero-order valence-electron chi connectivity index (χ0n) is 17.5. The average molecular weight is 392 g/mol. The van der Waals surface area contributed by atoms with E-state index in [9.17, 15) is 9.59 Å². The van der Waals surface area contributed by atoms with Crippen molar-refractivity contribution < 1.29 is 14.3 Å². The standard InChI is InChI=1S/C24H28N2O3/c1-6-10-20-24(4,5)21-17(3)13-16(2)14-19(21)22(27)26(20)25-23(28)29-15-18-11-8-7-9-12-18/h6-9,11-14,20H,1,10,15H2,2-5H3,(H,25,28)/t20-/m0/s1. The minimum atomic E-state index is -0.653. The summed E-state index contributed by atoms with van der Waals surface area (Å²) in [5.41, 5.74) is 6.93. The highest BCUT2D eigenvalue weighted by atomic mass is 16.6. The van der Waals surface area contributed by atoms with Gasteiger partial charge in [-0.25, -0.2) is 15.2 Å².